The number of hydrogen-bond acceptors (Lipinski definition) is 3. The van der Waals surface area contributed by atoms with Crippen molar-refractivity contribution >= 4 is 46.4 Å². The van der Waals surface area contributed by atoms with E-state index < -0.39 is 5.60 Å². The van der Waals surface area contributed by atoms with Crippen molar-refractivity contribution in [1.82, 2.24) is 14.8 Å². The molecular weight excluding hydrogens is 344 g/mol. The van der Waals surface area contributed by atoms with Gasteiger partial charge in [0, 0.05) is 15.6 Å². The third kappa shape index (κ3) is 3.65. The van der Waals surface area contributed by atoms with Gasteiger partial charge in [0.05, 0.1) is 6.54 Å². The average molecular weight is 353 g/mol. The summed E-state index contributed by atoms with van der Waals surface area (Å²) >= 11 is 23.4. The number of hydrogen-bond donors (Lipinski definition) is 1. The zero-order valence-electron chi connectivity index (χ0n) is 9.97. The molecule has 0 fully saturated rings. The summed E-state index contributed by atoms with van der Waals surface area (Å²) < 4.78 is 1.36. The first-order valence-corrected chi connectivity index (χ1v) is 6.96. The molecule has 1 aromatic carbocycles. The molecule has 20 heavy (non-hydrogen) atoms. The molecule has 0 saturated heterocycles. The Morgan fingerprint density at radius 1 is 1.35 bits per heavy atom. The van der Waals surface area contributed by atoms with E-state index in [1.165, 1.54) is 29.5 Å². The van der Waals surface area contributed by atoms with Crippen molar-refractivity contribution in [3.63, 3.8) is 0 Å². The Morgan fingerprint density at radius 3 is 2.65 bits per heavy atom. The number of rotatable bonds is 4. The fraction of sp³-hybridized carbons (Fsp3) is 0.167. The first-order valence-electron chi connectivity index (χ1n) is 5.45. The highest BCUT2D eigenvalue weighted by Gasteiger charge is 2.31. The monoisotopic (exact) mass is 351 g/mol. The molecule has 1 unspecified atom stereocenters. The molecule has 8 heteroatoms. The van der Waals surface area contributed by atoms with Crippen LogP contribution in [0.5, 0.6) is 0 Å². The zero-order chi connectivity index (χ0) is 14.8. The Hall–Kier alpha value is -0.780. The Bertz CT molecular complexity index is 626. The van der Waals surface area contributed by atoms with Crippen LogP contribution in [0.1, 0.15) is 5.56 Å². The van der Waals surface area contributed by atoms with Gasteiger partial charge in [-0.25, -0.2) is 9.67 Å². The van der Waals surface area contributed by atoms with Crippen molar-refractivity contribution in [2.24, 2.45) is 0 Å². The standard InChI is InChI=1S/C12H9Cl4N3O/c13-8-1-2-9(10(14)3-8)12(20,4-11(15)16)5-19-7-17-6-18-19/h1-4,6-7,20H,5H2. The number of aliphatic hydroxyl groups is 1. The van der Waals surface area contributed by atoms with Gasteiger partial charge in [-0.2, -0.15) is 5.10 Å². The Morgan fingerprint density at radius 2 is 2.10 bits per heavy atom. The highest BCUT2D eigenvalue weighted by molar-refractivity contribution is 6.55. The molecule has 1 aromatic heterocycles. The van der Waals surface area contributed by atoms with E-state index in [2.05, 4.69) is 10.1 Å². The highest BCUT2D eigenvalue weighted by atomic mass is 35.5. The molecule has 1 atom stereocenters. The van der Waals surface area contributed by atoms with Crippen LogP contribution in [0.25, 0.3) is 0 Å². The van der Waals surface area contributed by atoms with E-state index in [0.29, 0.717) is 15.6 Å². The lowest BCUT2D eigenvalue weighted by Crippen LogP contribution is -2.30. The van der Waals surface area contributed by atoms with Crippen LogP contribution >= 0.6 is 46.4 Å². The van der Waals surface area contributed by atoms with E-state index in [1.807, 2.05) is 0 Å². The van der Waals surface area contributed by atoms with Gasteiger partial charge in [-0.1, -0.05) is 52.5 Å². The summed E-state index contributed by atoms with van der Waals surface area (Å²) in [7, 11) is 0. The zero-order valence-corrected chi connectivity index (χ0v) is 13.0. The molecule has 0 bridgehead atoms. The van der Waals surface area contributed by atoms with Gasteiger partial charge in [0.2, 0.25) is 0 Å². The van der Waals surface area contributed by atoms with Gasteiger partial charge in [0.25, 0.3) is 0 Å². The molecule has 106 valence electrons. The molecule has 2 rings (SSSR count). The normalized spacial score (nSPS) is 13.8. The van der Waals surface area contributed by atoms with E-state index in [4.69, 9.17) is 46.4 Å². The molecule has 1 heterocycles. The lowest BCUT2D eigenvalue weighted by molar-refractivity contribution is 0.0656. The van der Waals surface area contributed by atoms with Gasteiger partial charge in [-0.05, 0) is 18.2 Å². The van der Waals surface area contributed by atoms with Crippen LogP contribution in [-0.4, -0.2) is 19.9 Å². The smallest absolute Gasteiger partial charge is 0.137 e. The summed E-state index contributed by atoms with van der Waals surface area (Å²) in [5, 5.41) is 15.5. The fourth-order valence-corrected chi connectivity index (χ4v) is 2.72. The number of aromatic nitrogens is 3. The van der Waals surface area contributed by atoms with Crippen molar-refractivity contribution in [2.75, 3.05) is 0 Å². The van der Waals surface area contributed by atoms with Crippen LogP contribution in [0.4, 0.5) is 0 Å². The van der Waals surface area contributed by atoms with E-state index in [9.17, 15) is 5.11 Å². The quantitative estimate of drug-likeness (QED) is 0.910. The summed E-state index contributed by atoms with van der Waals surface area (Å²) in [4.78, 5) is 3.82. The van der Waals surface area contributed by atoms with Crippen LogP contribution in [0.15, 0.2) is 41.4 Å². The SMILES string of the molecule is OC(C=C(Cl)Cl)(Cn1cncn1)c1ccc(Cl)cc1Cl. The third-order valence-corrected chi connectivity index (χ3v) is 3.38. The van der Waals surface area contributed by atoms with Crippen LogP contribution in [-0.2, 0) is 12.1 Å². The summed E-state index contributed by atoms with van der Waals surface area (Å²) in [6.45, 7) is 0.0529. The Balaban J connectivity index is 2.48. The number of halogens is 4. The van der Waals surface area contributed by atoms with E-state index in [-0.39, 0.29) is 11.0 Å². The Kier molecular flexibility index (Phi) is 4.94. The van der Waals surface area contributed by atoms with E-state index >= 15 is 0 Å². The summed E-state index contributed by atoms with van der Waals surface area (Å²) in [6, 6.07) is 4.75. The second-order valence-electron chi connectivity index (χ2n) is 4.08. The third-order valence-electron chi connectivity index (χ3n) is 2.62. The van der Waals surface area contributed by atoms with Crippen molar-refractivity contribution < 1.29 is 5.11 Å². The summed E-state index contributed by atoms with van der Waals surface area (Å²) in [5.74, 6) is 0. The molecular formula is C12H9Cl4N3O. The predicted molar refractivity (Wildman–Crippen MR) is 80.2 cm³/mol. The van der Waals surface area contributed by atoms with Crippen molar-refractivity contribution in [3.05, 3.63) is 57.0 Å². The second kappa shape index (κ2) is 6.33. The minimum atomic E-state index is -1.53. The van der Waals surface area contributed by atoms with Gasteiger partial charge in [-0.3, -0.25) is 0 Å². The minimum absolute atomic E-state index is 0.0529. The number of benzene rings is 1. The van der Waals surface area contributed by atoms with E-state index in [1.54, 1.807) is 12.1 Å². The van der Waals surface area contributed by atoms with Crippen molar-refractivity contribution in [2.45, 2.75) is 12.1 Å². The Labute approximate surface area is 135 Å². The molecule has 2 aromatic rings. The van der Waals surface area contributed by atoms with Crippen LogP contribution < -0.4 is 0 Å². The molecule has 4 nitrogen and oxygen atoms in total. The first-order chi connectivity index (χ1) is 9.40. The topological polar surface area (TPSA) is 50.9 Å². The summed E-state index contributed by atoms with van der Waals surface area (Å²) in [6.07, 6.45) is 4.10. The maximum atomic E-state index is 10.8. The summed E-state index contributed by atoms with van der Waals surface area (Å²) in [5.41, 5.74) is -1.12. The lowest BCUT2D eigenvalue weighted by atomic mass is 9.94. The molecule has 0 aliphatic heterocycles. The van der Waals surface area contributed by atoms with Gasteiger partial charge < -0.3 is 5.11 Å². The molecule has 0 saturated carbocycles. The van der Waals surface area contributed by atoms with E-state index in [0.717, 1.165) is 0 Å². The minimum Gasteiger partial charge on any atom is -0.379 e. The van der Waals surface area contributed by atoms with Gasteiger partial charge in [-0.15, -0.1) is 0 Å². The molecule has 0 spiro atoms. The van der Waals surface area contributed by atoms with Gasteiger partial charge >= 0.3 is 0 Å². The average Bonchev–Trinajstić information content (AvgIpc) is 2.79. The van der Waals surface area contributed by atoms with Gasteiger partial charge in [0.1, 0.15) is 22.7 Å². The lowest BCUT2D eigenvalue weighted by Gasteiger charge is -2.26. The molecule has 0 aliphatic carbocycles. The largest absolute Gasteiger partial charge is 0.379 e. The molecule has 1 N–H and O–H groups in total. The maximum absolute atomic E-state index is 10.8. The first kappa shape index (κ1) is 15.6. The fourth-order valence-electron chi connectivity index (χ4n) is 1.79. The predicted octanol–water partition coefficient (Wildman–Crippen LogP) is 3.79. The molecule has 0 amide bonds. The van der Waals surface area contributed by atoms with Crippen molar-refractivity contribution in [1.29, 1.82) is 0 Å². The van der Waals surface area contributed by atoms with Crippen LogP contribution in [0.3, 0.4) is 0 Å². The van der Waals surface area contributed by atoms with Crippen LogP contribution in [0.2, 0.25) is 10.0 Å². The van der Waals surface area contributed by atoms with Crippen LogP contribution in [0, 0.1) is 0 Å². The number of nitrogens with zero attached hydrogens (tertiary/aromatic N) is 3. The van der Waals surface area contributed by atoms with Gasteiger partial charge in [0.15, 0.2) is 0 Å². The molecule has 0 radical (unpaired) electrons. The second-order valence-corrected chi connectivity index (χ2v) is 5.93. The maximum Gasteiger partial charge on any atom is 0.137 e. The molecule has 0 aliphatic rings. The van der Waals surface area contributed by atoms with Crippen molar-refractivity contribution in [3.8, 4) is 0 Å². The highest BCUT2D eigenvalue weighted by Crippen LogP contribution is 2.34.